The standard InChI is InChI=1S/C28H19Br3N2O2/c1-17-11-24(30)27(25(31)12-17)33-28(34)21(15-32)13-18-9-10-26(23(29)14-18)35-16-20-7-4-6-19-5-2-3-8-22(19)20/h2-14H,16H2,1H3,(H,33,34)/b21-13+. The van der Waals surface area contributed by atoms with Crippen LogP contribution in [0.2, 0.25) is 0 Å². The lowest BCUT2D eigenvalue weighted by Gasteiger charge is -2.12. The molecule has 4 aromatic rings. The molecule has 1 N–H and O–H groups in total. The van der Waals surface area contributed by atoms with Crippen LogP contribution in [-0.4, -0.2) is 5.91 Å². The number of carbonyl (C=O) groups excluding carboxylic acids is 1. The predicted molar refractivity (Wildman–Crippen MR) is 151 cm³/mol. The SMILES string of the molecule is Cc1cc(Br)c(NC(=O)/C(C#N)=C/c2ccc(OCc3cccc4ccccc34)c(Br)c2)c(Br)c1. The van der Waals surface area contributed by atoms with Crippen molar-refractivity contribution in [2.75, 3.05) is 5.32 Å². The summed E-state index contributed by atoms with van der Waals surface area (Å²) in [4.78, 5) is 12.8. The zero-order chi connectivity index (χ0) is 24.9. The van der Waals surface area contributed by atoms with Gasteiger partial charge in [0, 0.05) is 8.95 Å². The number of aryl methyl sites for hydroxylation is 1. The van der Waals surface area contributed by atoms with Crippen LogP contribution in [0.15, 0.2) is 91.8 Å². The minimum Gasteiger partial charge on any atom is -0.488 e. The summed E-state index contributed by atoms with van der Waals surface area (Å²) in [5.74, 6) is 0.177. The van der Waals surface area contributed by atoms with Crippen molar-refractivity contribution < 1.29 is 9.53 Å². The molecule has 0 spiro atoms. The van der Waals surface area contributed by atoms with Gasteiger partial charge in [-0.05, 0) is 113 Å². The van der Waals surface area contributed by atoms with Crippen molar-refractivity contribution in [3.63, 3.8) is 0 Å². The van der Waals surface area contributed by atoms with E-state index in [-0.39, 0.29) is 5.57 Å². The van der Waals surface area contributed by atoms with Crippen LogP contribution in [0.5, 0.6) is 5.75 Å². The number of ether oxygens (including phenoxy) is 1. The van der Waals surface area contributed by atoms with E-state index in [1.54, 1.807) is 6.08 Å². The number of rotatable bonds is 6. The molecular weight excluding hydrogens is 636 g/mol. The van der Waals surface area contributed by atoms with E-state index in [0.717, 1.165) is 29.9 Å². The van der Waals surface area contributed by atoms with Gasteiger partial charge in [0.1, 0.15) is 24.0 Å². The Morgan fingerprint density at radius 1 is 0.971 bits per heavy atom. The molecule has 0 aliphatic carbocycles. The quantitative estimate of drug-likeness (QED) is 0.167. The number of anilines is 1. The maximum atomic E-state index is 12.8. The van der Waals surface area contributed by atoms with Crippen LogP contribution < -0.4 is 10.1 Å². The van der Waals surface area contributed by atoms with Crippen molar-refractivity contribution in [1.82, 2.24) is 0 Å². The van der Waals surface area contributed by atoms with Crippen LogP contribution in [0.1, 0.15) is 16.7 Å². The lowest BCUT2D eigenvalue weighted by molar-refractivity contribution is -0.112. The average Bonchev–Trinajstić information content (AvgIpc) is 2.84. The monoisotopic (exact) mass is 652 g/mol. The van der Waals surface area contributed by atoms with E-state index < -0.39 is 5.91 Å². The van der Waals surface area contributed by atoms with Gasteiger partial charge in [-0.3, -0.25) is 4.79 Å². The van der Waals surface area contributed by atoms with Gasteiger partial charge in [0.25, 0.3) is 5.91 Å². The first-order valence-corrected chi connectivity index (χ1v) is 13.0. The number of amides is 1. The lowest BCUT2D eigenvalue weighted by Crippen LogP contribution is -2.14. The Kier molecular flexibility index (Phi) is 8.07. The van der Waals surface area contributed by atoms with Crippen LogP contribution in [-0.2, 0) is 11.4 Å². The number of nitrogens with zero attached hydrogens (tertiary/aromatic N) is 1. The van der Waals surface area contributed by atoms with Gasteiger partial charge in [-0.15, -0.1) is 0 Å². The smallest absolute Gasteiger partial charge is 0.266 e. The molecule has 0 radical (unpaired) electrons. The van der Waals surface area contributed by atoms with Crippen LogP contribution in [0.4, 0.5) is 5.69 Å². The highest BCUT2D eigenvalue weighted by atomic mass is 79.9. The minimum absolute atomic E-state index is 0.0132. The van der Waals surface area contributed by atoms with Gasteiger partial charge < -0.3 is 10.1 Å². The van der Waals surface area contributed by atoms with Crippen molar-refractivity contribution >= 4 is 76.2 Å². The third-order valence-electron chi connectivity index (χ3n) is 5.32. The first-order valence-electron chi connectivity index (χ1n) is 10.6. The summed E-state index contributed by atoms with van der Waals surface area (Å²) in [5, 5.41) is 14.7. The van der Waals surface area contributed by atoms with Crippen LogP contribution in [0.25, 0.3) is 16.8 Å². The Balaban J connectivity index is 1.50. The number of carbonyl (C=O) groups is 1. The van der Waals surface area contributed by atoms with E-state index in [0.29, 0.717) is 23.6 Å². The molecule has 174 valence electrons. The third-order valence-corrected chi connectivity index (χ3v) is 7.19. The van der Waals surface area contributed by atoms with Gasteiger partial charge in [-0.25, -0.2) is 0 Å². The second kappa shape index (κ2) is 11.2. The van der Waals surface area contributed by atoms with Crippen molar-refractivity contribution in [3.05, 3.63) is 108 Å². The highest BCUT2D eigenvalue weighted by molar-refractivity contribution is 9.11. The number of benzene rings is 4. The Hall–Kier alpha value is -2.92. The second-order valence-electron chi connectivity index (χ2n) is 7.84. The van der Waals surface area contributed by atoms with Gasteiger partial charge in [0.15, 0.2) is 0 Å². The summed E-state index contributed by atoms with van der Waals surface area (Å²) in [6, 6.07) is 25.6. The van der Waals surface area contributed by atoms with E-state index >= 15 is 0 Å². The van der Waals surface area contributed by atoms with E-state index in [9.17, 15) is 10.1 Å². The number of nitriles is 1. The summed E-state index contributed by atoms with van der Waals surface area (Å²) in [5.41, 5.74) is 3.38. The van der Waals surface area contributed by atoms with E-state index in [1.807, 2.05) is 61.5 Å². The third kappa shape index (κ3) is 6.02. The Morgan fingerprint density at radius 3 is 2.40 bits per heavy atom. The largest absolute Gasteiger partial charge is 0.488 e. The first-order chi connectivity index (χ1) is 16.9. The van der Waals surface area contributed by atoms with Gasteiger partial charge >= 0.3 is 0 Å². The van der Waals surface area contributed by atoms with Gasteiger partial charge in [0.05, 0.1) is 10.2 Å². The number of halogens is 3. The lowest BCUT2D eigenvalue weighted by atomic mass is 10.1. The molecule has 4 rings (SSSR count). The Labute approximate surface area is 229 Å². The summed E-state index contributed by atoms with van der Waals surface area (Å²) < 4.78 is 8.24. The van der Waals surface area contributed by atoms with Crippen molar-refractivity contribution in [2.45, 2.75) is 13.5 Å². The van der Waals surface area contributed by atoms with E-state index in [4.69, 9.17) is 4.74 Å². The Morgan fingerprint density at radius 2 is 1.69 bits per heavy atom. The normalized spacial score (nSPS) is 11.2. The maximum absolute atomic E-state index is 12.8. The molecule has 0 aromatic heterocycles. The number of fused-ring (bicyclic) bond motifs is 1. The van der Waals surface area contributed by atoms with Gasteiger partial charge in [-0.1, -0.05) is 48.5 Å². The molecule has 7 heteroatoms. The molecule has 0 atom stereocenters. The molecule has 0 aliphatic rings. The Bertz CT molecular complexity index is 1480. The fourth-order valence-corrected chi connectivity index (χ4v) is 5.74. The van der Waals surface area contributed by atoms with E-state index in [2.05, 4.69) is 77.4 Å². The molecule has 4 nitrogen and oxygen atoms in total. The maximum Gasteiger partial charge on any atom is 0.266 e. The van der Waals surface area contributed by atoms with Gasteiger partial charge in [0.2, 0.25) is 0 Å². The molecule has 1 amide bonds. The zero-order valence-corrected chi connectivity index (χ0v) is 23.4. The number of nitrogens with one attached hydrogen (secondary N) is 1. The highest BCUT2D eigenvalue weighted by Crippen LogP contribution is 2.33. The molecule has 0 saturated carbocycles. The molecule has 0 bridgehead atoms. The van der Waals surface area contributed by atoms with Gasteiger partial charge in [-0.2, -0.15) is 5.26 Å². The summed E-state index contributed by atoms with van der Waals surface area (Å²) in [6.07, 6.45) is 1.55. The molecule has 0 fully saturated rings. The molecule has 0 unspecified atom stereocenters. The fraction of sp³-hybridized carbons (Fsp3) is 0.0714. The van der Waals surface area contributed by atoms with Crippen molar-refractivity contribution in [1.29, 1.82) is 5.26 Å². The van der Waals surface area contributed by atoms with Crippen LogP contribution >= 0.6 is 47.8 Å². The molecule has 0 heterocycles. The predicted octanol–water partition coefficient (Wildman–Crippen LogP) is 8.56. The molecule has 0 aliphatic heterocycles. The van der Waals surface area contributed by atoms with Crippen LogP contribution in [0, 0.1) is 18.3 Å². The first kappa shape index (κ1) is 25.2. The molecular formula is C28H19Br3N2O2. The summed E-state index contributed by atoms with van der Waals surface area (Å²) in [7, 11) is 0. The summed E-state index contributed by atoms with van der Waals surface area (Å²) in [6.45, 7) is 2.37. The molecule has 0 saturated heterocycles. The minimum atomic E-state index is -0.495. The fourth-order valence-electron chi connectivity index (χ4n) is 3.61. The average molecular weight is 655 g/mol. The van der Waals surface area contributed by atoms with E-state index in [1.165, 1.54) is 5.39 Å². The summed E-state index contributed by atoms with van der Waals surface area (Å²) >= 11 is 10.5. The number of hydrogen-bond acceptors (Lipinski definition) is 3. The number of hydrogen-bond donors (Lipinski definition) is 1. The highest BCUT2D eigenvalue weighted by Gasteiger charge is 2.15. The van der Waals surface area contributed by atoms with Crippen LogP contribution in [0.3, 0.4) is 0 Å². The molecule has 4 aromatic carbocycles. The zero-order valence-electron chi connectivity index (χ0n) is 18.6. The topological polar surface area (TPSA) is 62.1 Å². The molecule has 35 heavy (non-hydrogen) atoms. The van der Waals surface area contributed by atoms with Crippen molar-refractivity contribution in [3.8, 4) is 11.8 Å². The second-order valence-corrected chi connectivity index (χ2v) is 10.4. The van der Waals surface area contributed by atoms with Crippen molar-refractivity contribution in [2.24, 2.45) is 0 Å².